The molecule has 2 rings (SSSR count). The van der Waals surface area contributed by atoms with Crippen molar-refractivity contribution in [2.45, 2.75) is 24.8 Å². The van der Waals surface area contributed by atoms with Crippen molar-refractivity contribution in [2.24, 2.45) is 5.73 Å². The molecule has 0 aromatic heterocycles. The first-order chi connectivity index (χ1) is 7.58. The third kappa shape index (κ3) is 2.33. The zero-order valence-electron chi connectivity index (χ0n) is 9.55. The predicted molar refractivity (Wildman–Crippen MR) is 67.1 cm³/mol. The Kier molecular flexibility index (Phi) is 3.13. The van der Waals surface area contributed by atoms with E-state index in [9.17, 15) is 0 Å². The molecule has 1 aromatic carbocycles. The maximum absolute atomic E-state index is 6.12. The number of halogens is 1. The lowest BCUT2D eigenvalue weighted by Crippen LogP contribution is -2.24. The van der Waals surface area contributed by atoms with Gasteiger partial charge in [0.15, 0.2) is 0 Å². The van der Waals surface area contributed by atoms with Crippen molar-refractivity contribution in [1.82, 2.24) is 0 Å². The van der Waals surface area contributed by atoms with Crippen LogP contribution in [0.25, 0.3) is 0 Å². The van der Waals surface area contributed by atoms with Crippen molar-refractivity contribution >= 4 is 15.9 Å². The summed E-state index contributed by atoms with van der Waals surface area (Å²) in [4.78, 5) is 0. The van der Waals surface area contributed by atoms with Crippen molar-refractivity contribution in [1.29, 1.82) is 0 Å². The molecule has 1 saturated carbocycles. The van der Waals surface area contributed by atoms with Gasteiger partial charge in [0, 0.05) is 11.6 Å². The largest absolute Gasteiger partial charge is 0.496 e. The Labute approximate surface area is 104 Å². The van der Waals surface area contributed by atoms with E-state index in [0.29, 0.717) is 0 Å². The number of hydrogen-bond donors (Lipinski definition) is 1. The highest BCUT2D eigenvalue weighted by molar-refractivity contribution is 9.10. The highest BCUT2D eigenvalue weighted by Crippen LogP contribution is 2.40. The van der Waals surface area contributed by atoms with Crippen molar-refractivity contribution < 1.29 is 9.47 Å². The van der Waals surface area contributed by atoms with E-state index in [1.165, 1.54) is 0 Å². The van der Waals surface area contributed by atoms with E-state index >= 15 is 0 Å². The standard InChI is InChI=1S/C12H16BrNO2/c1-15-10-6-11(16-2)9(13)5-8(10)7-12(14)3-4-12/h5-6H,3-4,7,14H2,1-2H3. The summed E-state index contributed by atoms with van der Waals surface area (Å²) in [6.07, 6.45) is 3.05. The molecule has 1 aliphatic rings. The predicted octanol–water partition coefficient (Wildman–Crippen LogP) is 2.50. The minimum atomic E-state index is -0.0126. The van der Waals surface area contributed by atoms with E-state index in [0.717, 1.165) is 40.8 Å². The molecule has 0 radical (unpaired) electrons. The van der Waals surface area contributed by atoms with Crippen LogP contribution in [0.15, 0.2) is 16.6 Å². The average Bonchev–Trinajstić information content (AvgIpc) is 2.96. The molecule has 1 aliphatic carbocycles. The highest BCUT2D eigenvalue weighted by Gasteiger charge is 2.38. The molecule has 1 aromatic rings. The first-order valence-electron chi connectivity index (χ1n) is 5.27. The summed E-state index contributed by atoms with van der Waals surface area (Å²) < 4.78 is 11.5. The lowest BCUT2D eigenvalue weighted by atomic mass is 10.0. The van der Waals surface area contributed by atoms with Gasteiger partial charge >= 0.3 is 0 Å². The van der Waals surface area contributed by atoms with Gasteiger partial charge in [0.05, 0.1) is 18.7 Å². The van der Waals surface area contributed by atoms with E-state index in [1.807, 2.05) is 12.1 Å². The summed E-state index contributed by atoms with van der Waals surface area (Å²) in [5.74, 6) is 1.62. The molecule has 3 nitrogen and oxygen atoms in total. The van der Waals surface area contributed by atoms with E-state index < -0.39 is 0 Å². The second-order valence-electron chi connectivity index (χ2n) is 4.34. The second kappa shape index (κ2) is 4.26. The summed E-state index contributed by atoms with van der Waals surface area (Å²) >= 11 is 3.48. The van der Waals surface area contributed by atoms with Gasteiger partial charge < -0.3 is 15.2 Å². The molecule has 0 amide bonds. The van der Waals surface area contributed by atoms with E-state index in [2.05, 4.69) is 15.9 Å². The topological polar surface area (TPSA) is 44.5 Å². The SMILES string of the molecule is COc1cc(OC)c(CC2(N)CC2)cc1Br. The molecule has 0 saturated heterocycles. The van der Waals surface area contributed by atoms with Crippen LogP contribution in [-0.2, 0) is 6.42 Å². The van der Waals surface area contributed by atoms with Gasteiger partial charge in [-0.25, -0.2) is 0 Å². The molecule has 0 unspecified atom stereocenters. The molecule has 0 bridgehead atoms. The smallest absolute Gasteiger partial charge is 0.136 e. The zero-order chi connectivity index (χ0) is 11.8. The molecule has 4 heteroatoms. The van der Waals surface area contributed by atoms with E-state index in [-0.39, 0.29) is 5.54 Å². The minimum Gasteiger partial charge on any atom is -0.496 e. The van der Waals surface area contributed by atoms with Crippen LogP contribution in [0.2, 0.25) is 0 Å². The lowest BCUT2D eigenvalue weighted by Gasteiger charge is -2.15. The third-order valence-electron chi connectivity index (χ3n) is 2.99. The Morgan fingerprint density at radius 2 is 1.88 bits per heavy atom. The summed E-state index contributed by atoms with van der Waals surface area (Å²) in [5, 5.41) is 0. The Morgan fingerprint density at radius 1 is 1.25 bits per heavy atom. The van der Waals surface area contributed by atoms with Crippen LogP contribution < -0.4 is 15.2 Å². The normalized spacial score (nSPS) is 17.0. The average molecular weight is 286 g/mol. The number of rotatable bonds is 4. The summed E-state index contributed by atoms with van der Waals surface area (Å²) in [6, 6.07) is 3.93. The number of benzene rings is 1. The van der Waals surface area contributed by atoms with Gasteiger partial charge in [0.1, 0.15) is 11.5 Å². The van der Waals surface area contributed by atoms with Gasteiger partial charge in [-0.3, -0.25) is 0 Å². The molecule has 0 aliphatic heterocycles. The molecule has 16 heavy (non-hydrogen) atoms. The Balaban J connectivity index is 2.32. The van der Waals surface area contributed by atoms with Crippen molar-refractivity contribution in [3.63, 3.8) is 0 Å². The van der Waals surface area contributed by atoms with Gasteiger partial charge in [-0.05, 0) is 46.8 Å². The van der Waals surface area contributed by atoms with Gasteiger partial charge in [0.2, 0.25) is 0 Å². The molecule has 0 atom stereocenters. The fourth-order valence-electron chi connectivity index (χ4n) is 1.78. The van der Waals surface area contributed by atoms with Gasteiger partial charge in [-0.2, -0.15) is 0 Å². The number of nitrogens with two attached hydrogens (primary N) is 1. The first kappa shape index (κ1) is 11.7. The molecular weight excluding hydrogens is 270 g/mol. The second-order valence-corrected chi connectivity index (χ2v) is 5.19. The van der Waals surface area contributed by atoms with Crippen molar-refractivity contribution in [3.8, 4) is 11.5 Å². The fraction of sp³-hybridized carbons (Fsp3) is 0.500. The fourth-order valence-corrected chi connectivity index (χ4v) is 2.33. The summed E-state index contributed by atoms with van der Waals surface area (Å²) in [5.41, 5.74) is 7.24. The van der Waals surface area contributed by atoms with Crippen LogP contribution >= 0.6 is 15.9 Å². The van der Waals surface area contributed by atoms with Gasteiger partial charge in [-0.1, -0.05) is 0 Å². The van der Waals surface area contributed by atoms with Crippen LogP contribution in [0, 0.1) is 0 Å². The highest BCUT2D eigenvalue weighted by atomic mass is 79.9. The summed E-state index contributed by atoms with van der Waals surface area (Å²) in [6.45, 7) is 0. The van der Waals surface area contributed by atoms with Gasteiger partial charge in [-0.15, -0.1) is 0 Å². The van der Waals surface area contributed by atoms with Crippen LogP contribution in [0.1, 0.15) is 18.4 Å². The van der Waals surface area contributed by atoms with E-state index in [4.69, 9.17) is 15.2 Å². The summed E-state index contributed by atoms with van der Waals surface area (Å²) in [7, 11) is 3.31. The van der Waals surface area contributed by atoms with Crippen molar-refractivity contribution in [2.75, 3.05) is 14.2 Å². The molecular formula is C12H16BrNO2. The number of hydrogen-bond acceptors (Lipinski definition) is 3. The maximum atomic E-state index is 6.12. The first-order valence-corrected chi connectivity index (χ1v) is 6.06. The van der Waals surface area contributed by atoms with Crippen LogP contribution in [0.5, 0.6) is 11.5 Å². The minimum absolute atomic E-state index is 0.0126. The molecule has 88 valence electrons. The lowest BCUT2D eigenvalue weighted by molar-refractivity contribution is 0.388. The Bertz CT molecular complexity index is 402. The molecule has 0 heterocycles. The van der Waals surface area contributed by atoms with Crippen LogP contribution in [0.4, 0.5) is 0 Å². The molecule has 1 fully saturated rings. The zero-order valence-corrected chi connectivity index (χ0v) is 11.1. The van der Waals surface area contributed by atoms with Crippen molar-refractivity contribution in [3.05, 3.63) is 22.2 Å². The van der Waals surface area contributed by atoms with Gasteiger partial charge in [0.25, 0.3) is 0 Å². The van der Waals surface area contributed by atoms with E-state index in [1.54, 1.807) is 14.2 Å². The quantitative estimate of drug-likeness (QED) is 0.925. The maximum Gasteiger partial charge on any atom is 0.136 e. The van der Waals surface area contributed by atoms with Crippen LogP contribution in [0.3, 0.4) is 0 Å². The molecule has 0 spiro atoms. The van der Waals surface area contributed by atoms with Crippen LogP contribution in [-0.4, -0.2) is 19.8 Å². The Hall–Kier alpha value is -0.740. The third-order valence-corrected chi connectivity index (χ3v) is 3.61. The Morgan fingerprint density at radius 3 is 2.38 bits per heavy atom. The number of methoxy groups -OCH3 is 2. The number of ether oxygens (including phenoxy) is 2. The monoisotopic (exact) mass is 285 g/mol. The molecule has 2 N–H and O–H groups in total.